The molecule has 1 amide bonds. The van der Waals surface area contributed by atoms with E-state index in [2.05, 4.69) is 15.5 Å². The molecule has 0 saturated carbocycles. The molecule has 0 unspecified atom stereocenters. The van der Waals surface area contributed by atoms with E-state index in [1.54, 1.807) is 30.3 Å². The molecule has 0 bridgehead atoms. The van der Waals surface area contributed by atoms with Gasteiger partial charge in [0.25, 0.3) is 11.8 Å². The van der Waals surface area contributed by atoms with Gasteiger partial charge in [-0.25, -0.2) is 0 Å². The van der Waals surface area contributed by atoms with E-state index in [4.69, 9.17) is 43.5 Å². The predicted molar refractivity (Wildman–Crippen MR) is 273 cm³/mol. The number of halogens is 2. The largest absolute Gasteiger partial charge is 0.462 e. The second-order valence-corrected chi connectivity index (χ2v) is 16.8. The molecule has 0 spiro atoms. The number of rotatable bonds is 11. The average molecular weight is 936 g/mol. The SMILES string of the molecule is Nc1cccc(OC2=Cc3[nH]nc(/C=C/c4ccc(Cl)cc4)c3CC2)c1.O=C(Nc1cccc(OC2=Cc3c(c(/C=C/c4ccc(Cl)cc4)nn3C(=O)c3ccccc3)CC2)c1)c1ccccc1. The smallest absolute Gasteiger partial charge is 0.278 e. The minimum atomic E-state index is -0.221. The summed E-state index contributed by atoms with van der Waals surface area (Å²) in [7, 11) is 0. The number of anilines is 2. The van der Waals surface area contributed by atoms with Crippen LogP contribution in [0.5, 0.6) is 11.5 Å². The van der Waals surface area contributed by atoms with Crippen molar-refractivity contribution < 1.29 is 19.1 Å². The van der Waals surface area contributed by atoms with E-state index in [-0.39, 0.29) is 11.8 Å². The number of amides is 1. The Bertz CT molecular complexity index is 3210. The molecule has 68 heavy (non-hydrogen) atoms. The third-order valence-corrected chi connectivity index (χ3v) is 11.6. The second-order valence-electron chi connectivity index (χ2n) is 15.9. The first-order valence-electron chi connectivity index (χ1n) is 22.0. The Morgan fingerprint density at radius 1 is 0.603 bits per heavy atom. The molecule has 6 aromatic carbocycles. The second kappa shape index (κ2) is 21.0. The van der Waals surface area contributed by atoms with Crippen LogP contribution in [0.2, 0.25) is 10.0 Å². The number of carbonyl (C=O) groups is 2. The molecule has 0 atom stereocenters. The van der Waals surface area contributed by atoms with Gasteiger partial charge in [0.05, 0.1) is 22.8 Å². The van der Waals surface area contributed by atoms with Crippen molar-refractivity contribution in [1.29, 1.82) is 0 Å². The van der Waals surface area contributed by atoms with E-state index in [0.29, 0.717) is 57.6 Å². The number of H-pyrrole nitrogens is 1. The number of benzene rings is 6. The third kappa shape index (κ3) is 11.2. The number of aromatic nitrogens is 4. The van der Waals surface area contributed by atoms with Gasteiger partial charge < -0.3 is 20.5 Å². The van der Waals surface area contributed by atoms with Crippen molar-refractivity contribution in [2.75, 3.05) is 11.1 Å². The first-order chi connectivity index (χ1) is 33.2. The van der Waals surface area contributed by atoms with Crippen LogP contribution in [-0.2, 0) is 12.8 Å². The Balaban J connectivity index is 0.000000190. The number of ether oxygens (including phenoxy) is 2. The van der Waals surface area contributed by atoms with E-state index in [0.717, 1.165) is 63.1 Å². The Morgan fingerprint density at radius 2 is 1.18 bits per heavy atom. The van der Waals surface area contributed by atoms with E-state index < -0.39 is 0 Å². The van der Waals surface area contributed by atoms with Crippen LogP contribution in [0.4, 0.5) is 11.4 Å². The highest BCUT2D eigenvalue weighted by atomic mass is 35.5. The highest BCUT2D eigenvalue weighted by molar-refractivity contribution is 6.30. The molecule has 10 rings (SSSR count). The first kappa shape index (κ1) is 45.0. The van der Waals surface area contributed by atoms with Gasteiger partial charge in [0.15, 0.2) is 0 Å². The zero-order valence-corrected chi connectivity index (χ0v) is 38.1. The molecular weight excluding hydrogens is 892 g/mol. The van der Waals surface area contributed by atoms with Crippen molar-refractivity contribution in [1.82, 2.24) is 20.0 Å². The van der Waals surface area contributed by atoms with Crippen molar-refractivity contribution in [3.05, 3.63) is 235 Å². The van der Waals surface area contributed by atoms with E-state index in [9.17, 15) is 9.59 Å². The summed E-state index contributed by atoms with van der Waals surface area (Å²) in [6, 6.07) is 48.1. The van der Waals surface area contributed by atoms with Crippen molar-refractivity contribution in [2.45, 2.75) is 25.7 Å². The standard InChI is InChI=1S/C35H26ClN3O3.C21H18ClN3O/c36-27-17-14-24(15-18-27)16-21-32-31-20-19-30(23-33(31)39(38-32)35(41)26-10-5-2-6-11-26)42-29-13-7-12-28(22-29)37-34(40)25-8-3-1-4-9-25;22-15-7-4-14(5-8-15)6-11-20-19-10-9-18(13-21(19)25-24-20)26-17-3-1-2-16(23)12-17/h1-18,21-23H,19-20H2,(H,37,40);1-8,11-13H,9-10,23H2,(H,24,25)/b21-16+;11-6+. The molecule has 336 valence electrons. The zero-order valence-electron chi connectivity index (χ0n) is 36.6. The van der Waals surface area contributed by atoms with Gasteiger partial charge in [-0.3, -0.25) is 14.7 Å². The molecule has 4 N–H and O–H groups in total. The van der Waals surface area contributed by atoms with Crippen LogP contribution in [0.15, 0.2) is 169 Å². The number of aromatic amines is 1. The van der Waals surface area contributed by atoms with Crippen LogP contribution in [0, 0.1) is 0 Å². The molecule has 0 saturated heterocycles. The van der Waals surface area contributed by atoms with Crippen LogP contribution in [0.1, 0.15) is 78.6 Å². The first-order valence-corrected chi connectivity index (χ1v) is 22.7. The zero-order chi connectivity index (χ0) is 46.8. The molecule has 10 nitrogen and oxygen atoms in total. The summed E-state index contributed by atoms with van der Waals surface area (Å²) < 4.78 is 13.7. The van der Waals surface area contributed by atoms with Crippen molar-refractivity contribution in [2.24, 2.45) is 0 Å². The third-order valence-electron chi connectivity index (χ3n) is 11.1. The Morgan fingerprint density at radius 3 is 1.82 bits per heavy atom. The fourth-order valence-electron chi connectivity index (χ4n) is 7.71. The van der Waals surface area contributed by atoms with Gasteiger partial charge in [0, 0.05) is 80.8 Å². The molecule has 2 aliphatic carbocycles. The molecule has 12 heteroatoms. The van der Waals surface area contributed by atoms with Gasteiger partial charge in [0.1, 0.15) is 23.0 Å². The monoisotopic (exact) mass is 934 g/mol. The highest BCUT2D eigenvalue weighted by Gasteiger charge is 2.25. The molecule has 0 aliphatic heterocycles. The van der Waals surface area contributed by atoms with Crippen molar-refractivity contribution in [3.8, 4) is 11.5 Å². The lowest BCUT2D eigenvalue weighted by Crippen LogP contribution is -2.17. The number of carbonyl (C=O) groups excluding carboxylic acids is 2. The molecular formula is C56H44Cl2N6O4. The fraction of sp³-hybridized carbons (Fsp3) is 0.0714. The lowest BCUT2D eigenvalue weighted by molar-refractivity contribution is 0.0943. The summed E-state index contributed by atoms with van der Waals surface area (Å²) >= 11 is 12.0. The summed E-state index contributed by atoms with van der Waals surface area (Å²) in [5.74, 6) is 2.52. The highest BCUT2D eigenvalue weighted by Crippen LogP contribution is 2.32. The number of hydrogen-bond donors (Lipinski definition) is 3. The topological polar surface area (TPSA) is 137 Å². The average Bonchev–Trinajstić information content (AvgIpc) is 3.94. The lowest BCUT2D eigenvalue weighted by Gasteiger charge is -2.16. The van der Waals surface area contributed by atoms with Gasteiger partial charge in [-0.15, -0.1) is 0 Å². The fourth-order valence-corrected chi connectivity index (χ4v) is 7.97. The molecule has 2 aliphatic rings. The molecule has 0 radical (unpaired) electrons. The van der Waals surface area contributed by atoms with Gasteiger partial charge in [-0.05, 0) is 109 Å². The number of hydrogen-bond acceptors (Lipinski definition) is 7. The van der Waals surface area contributed by atoms with Gasteiger partial charge >= 0.3 is 0 Å². The van der Waals surface area contributed by atoms with Crippen molar-refractivity contribution in [3.63, 3.8) is 0 Å². The molecule has 0 fully saturated rings. The van der Waals surface area contributed by atoms with Crippen LogP contribution in [-0.4, -0.2) is 31.8 Å². The van der Waals surface area contributed by atoms with E-state index in [1.165, 1.54) is 10.2 Å². The van der Waals surface area contributed by atoms with E-state index >= 15 is 0 Å². The minimum Gasteiger partial charge on any atom is -0.462 e. The van der Waals surface area contributed by atoms with Crippen LogP contribution in [0.3, 0.4) is 0 Å². The molecule has 8 aromatic rings. The number of fused-ring (bicyclic) bond motifs is 2. The summed E-state index contributed by atoms with van der Waals surface area (Å²) in [5.41, 5.74) is 15.8. The van der Waals surface area contributed by atoms with Crippen LogP contribution >= 0.6 is 23.2 Å². The van der Waals surface area contributed by atoms with Crippen molar-refractivity contribution >= 4 is 82.8 Å². The maximum absolute atomic E-state index is 13.5. The quantitative estimate of drug-likeness (QED) is 0.110. The van der Waals surface area contributed by atoms with Crippen LogP contribution < -0.4 is 20.5 Å². The number of nitrogens with one attached hydrogen (secondary N) is 2. The number of nitrogens with zero attached hydrogens (tertiary/aromatic N) is 3. The summed E-state index contributed by atoms with van der Waals surface area (Å²) in [6.45, 7) is 0. The number of nitrogens with two attached hydrogens (primary N) is 1. The van der Waals surface area contributed by atoms with Gasteiger partial charge in [-0.2, -0.15) is 14.9 Å². The van der Waals surface area contributed by atoms with Gasteiger partial charge in [0.2, 0.25) is 0 Å². The lowest BCUT2D eigenvalue weighted by atomic mass is 9.99. The maximum atomic E-state index is 13.5. The Hall–Kier alpha value is -8.18. The van der Waals surface area contributed by atoms with Crippen LogP contribution in [0.25, 0.3) is 36.5 Å². The summed E-state index contributed by atoms with van der Waals surface area (Å²) in [5, 5.41) is 16.6. The Kier molecular flexibility index (Phi) is 13.9. The molecule has 2 aromatic heterocycles. The summed E-state index contributed by atoms with van der Waals surface area (Å²) in [6.07, 6.45) is 14.8. The van der Waals surface area contributed by atoms with Gasteiger partial charge in [-0.1, -0.05) is 108 Å². The van der Waals surface area contributed by atoms with E-state index in [1.807, 2.05) is 164 Å². The summed E-state index contributed by atoms with van der Waals surface area (Å²) in [4.78, 5) is 26.1. The normalized spacial score (nSPS) is 12.9. The maximum Gasteiger partial charge on any atom is 0.278 e. The number of nitrogen functional groups attached to an aromatic ring is 1. The molecule has 2 heterocycles. The Labute approximate surface area is 403 Å². The minimum absolute atomic E-state index is 0.197. The number of allylic oxidation sites excluding steroid dienone is 2. The predicted octanol–water partition coefficient (Wildman–Crippen LogP) is 13.2.